The molecule has 0 radical (unpaired) electrons. The summed E-state index contributed by atoms with van der Waals surface area (Å²) in [7, 11) is -1.78. The molecular weight excluding hydrogens is 185 g/mol. The summed E-state index contributed by atoms with van der Waals surface area (Å²) in [5, 5.41) is 17.0. The van der Waals surface area contributed by atoms with Gasteiger partial charge < -0.3 is 17.5 Å². The molecule has 1 aromatic carbocycles. The molecule has 0 bridgehead atoms. The fraction of sp³-hybridized carbons (Fsp3) is 0. The number of hydrogen-bond acceptors (Lipinski definition) is 2. The van der Waals surface area contributed by atoms with Crippen LogP contribution >= 0.6 is 0 Å². The summed E-state index contributed by atoms with van der Waals surface area (Å²) in [6, 6.07) is 6.35. The summed E-state index contributed by atoms with van der Waals surface area (Å²) < 4.78 is 12.5. The van der Waals surface area contributed by atoms with Crippen molar-refractivity contribution in [1.82, 2.24) is 0 Å². The van der Waals surface area contributed by atoms with Gasteiger partial charge in [-0.15, -0.1) is 6.07 Å². The molecule has 0 unspecified atom stereocenters. The van der Waals surface area contributed by atoms with Gasteiger partial charge in [0.1, 0.15) is 0 Å². The Morgan fingerprint density at radius 2 is 2.00 bits per heavy atom. The minimum Gasteiger partial charge on any atom is -0.424 e. The molecule has 2 N–H and O–H groups in total. The van der Waals surface area contributed by atoms with Crippen LogP contribution in [0.2, 0.25) is 0 Å². The van der Waals surface area contributed by atoms with Gasteiger partial charge in [-0.3, -0.25) is 4.39 Å². The van der Waals surface area contributed by atoms with Gasteiger partial charge in [0.15, 0.2) is 0 Å². The third kappa shape index (κ3) is 4.13. The van der Waals surface area contributed by atoms with Gasteiger partial charge >= 0.3 is 58.5 Å². The molecule has 0 aliphatic heterocycles. The van der Waals surface area contributed by atoms with E-state index >= 15 is 0 Å². The van der Waals surface area contributed by atoms with E-state index < -0.39 is 12.9 Å². The van der Waals surface area contributed by atoms with E-state index in [9.17, 15) is 4.39 Å². The van der Waals surface area contributed by atoms with E-state index in [4.69, 9.17) is 10.0 Å². The summed E-state index contributed by atoms with van der Waals surface area (Å²) in [5.74, 6) is -0.655. The van der Waals surface area contributed by atoms with Gasteiger partial charge in [0.05, 0.1) is 0 Å². The Kier molecular flexibility index (Phi) is 9.15. The molecule has 60 valence electrons. The van der Waals surface area contributed by atoms with Crippen molar-refractivity contribution in [3.8, 4) is 0 Å². The quantitative estimate of drug-likeness (QED) is 0.363. The van der Waals surface area contributed by atoms with Crippen LogP contribution in [-0.4, -0.2) is 17.2 Å². The first-order chi connectivity index (χ1) is 4.72. The van der Waals surface area contributed by atoms with E-state index in [0.29, 0.717) is 0 Å². The molecule has 0 saturated heterocycles. The Morgan fingerprint density at radius 3 is 2.33 bits per heavy atom. The monoisotopic (exact) mass is 193 g/mol. The minimum absolute atomic E-state index is 0. The van der Waals surface area contributed by atoms with Crippen molar-refractivity contribution in [2.45, 2.75) is 0 Å². The number of hydrogen-bond donors (Lipinski definition) is 2. The molecule has 0 aliphatic rings. The maximum absolute atomic E-state index is 12.5. The summed E-state index contributed by atoms with van der Waals surface area (Å²) in [6.45, 7) is 0. The topological polar surface area (TPSA) is 40.5 Å². The molecule has 0 fully saturated rings. The predicted molar refractivity (Wildman–Crippen MR) is 41.5 cm³/mol. The van der Waals surface area contributed by atoms with Crippen molar-refractivity contribution in [3.63, 3.8) is 0 Å². The van der Waals surface area contributed by atoms with Crippen molar-refractivity contribution < 1.29 is 65.8 Å². The first kappa shape index (κ1) is 15.3. The zero-order valence-corrected chi connectivity index (χ0v) is 10.2. The number of rotatable bonds is 1. The average molecular weight is 193 g/mol. The van der Waals surface area contributed by atoms with Crippen molar-refractivity contribution in [3.05, 3.63) is 37.5 Å². The maximum atomic E-state index is 12.5. The Bertz CT molecular complexity index is 232. The van der Waals surface area contributed by atoms with Crippen LogP contribution in [0.4, 0.5) is 4.39 Å². The molecule has 0 aliphatic carbocycles. The van der Waals surface area contributed by atoms with E-state index in [-0.39, 0.29) is 64.3 Å². The van der Waals surface area contributed by atoms with Crippen LogP contribution in [0.15, 0.2) is 18.2 Å². The smallest absolute Gasteiger partial charge is 0.424 e. The van der Waals surface area contributed by atoms with E-state index in [1.165, 1.54) is 12.1 Å². The average Bonchev–Trinajstić information content (AvgIpc) is 1.88. The molecule has 0 aromatic heterocycles. The maximum Gasteiger partial charge on any atom is 1.00 e. The summed E-state index contributed by atoms with van der Waals surface area (Å²) >= 11 is 0. The predicted octanol–water partition coefficient (Wildman–Crippen LogP) is -3.24. The van der Waals surface area contributed by atoms with E-state index in [0.717, 1.165) is 6.07 Å². The van der Waals surface area contributed by atoms with Crippen LogP contribution in [0.25, 0.3) is 0 Å². The summed E-state index contributed by atoms with van der Waals surface area (Å²) in [5.41, 5.74) is -0.220. The van der Waals surface area contributed by atoms with Crippen molar-refractivity contribution >= 4 is 12.6 Å². The molecule has 0 saturated carbocycles. The van der Waals surface area contributed by atoms with Gasteiger partial charge in [0, 0.05) is 5.82 Å². The molecular formula is C7H8BFKO2-. The third-order valence-corrected chi connectivity index (χ3v) is 1.09. The summed E-state index contributed by atoms with van der Waals surface area (Å²) in [6.07, 6.45) is 0. The van der Waals surface area contributed by atoms with Gasteiger partial charge in [0.2, 0.25) is 0 Å². The second-order valence-electron chi connectivity index (χ2n) is 1.81. The van der Waals surface area contributed by atoms with Gasteiger partial charge in [-0.25, -0.2) is 0 Å². The van der Waals surface area contributed by atoms with E-state index in [1.807, 2.05) is 0 Å². The van der Waals surface area contributed by atoms with Crippen molar-refractivity contribution in [2.24, 2.45) is 0 Å². The van der Waals surface area contributed by atoms with Gasteiger partial charge in [-0.05, 0) is 0 Å². The van der Waals surface area contributed by atoms with E-state index in [1.54, 1.807) is 0 Å². The Balaban J connectivity index is 0. The zero-order chi connectivity index (χ0) is 7.56. The van der Waals surface area contributed by atoms with E-state index in [2.05, 4.69) is 6.07 Å². The molecule has 5 heteroatoms. The minimum atomic E-state index is -1.78. The van der Waals surface area contributed by atoms with Crippen molar-refractivity contribution in [1.29, 1.82) is 0 Å². The second kappa shape index (κ2) is 7.20. The van der Waals surface area contributed by atoms with Crippen LogP contribution < -0.4 is 56.8 Å². The third-order valence-electron chi connectivity index (χ3n) is 1.09. The van der Waals surface area contributed by atoms with Crippen LogP contribution in [0.1, 0.15) is 0 Å². The van der Waals surface area contributed by atoms with Crippen LogP contribution in [0.5, 0.6) is 0 Å². The van der Waals surface area contributed by atoms with Gasteiger partial charge in [-0.1, -0.05) is 5.46 Å². The summed E-state index contributed by atoms with van der Waals surface area (Å²) in [4.78, 5) is 0. The second-order valence-corrected chi connectivity index (χ2v) is 1.81. The Morgan fingerprint density at radius 1 is 1.42 bits per heavy atom. The van der Waals surface area contributed by atoms with Crippen LogP contribution in [0, 0.1) is 19.3 Å². The fourth-order valence-corrected chi connectivity index (χ4v) is 0.627. The van der Waals surface area contributed by atoms with Crippen molar-refractivity contribution in [2.75, 3.05) is 0 Å². The molecule has 2 nitrogen and oxygen atoms in total. The molecule has 0 atom stereocenters. The fourth-order valence-electron chi connectivity index (χ4n) is 0.627. The molecule has 0 heterocycles. The van der Waals surface area contributed by atoms with Crippen LogP contribution in [-0.2, 0) is 0 Å². The standard InChI is InChI=1S/C6H5BFO2.CH3.K/c8-6-4-2-1-3-5(6)7(9)10;;/h1-2,4,9-10H;1H3;/q2*-1;+1. The molecule has 0 amide bonds. The first-order valence-electron chi connectivity index (χ1n) is 2.74. The molecule has 0 spiro atoms. The molecule has 1 aromatic rings. The Labute approximate surface area is 114 Å². The largest absolute Gasteiger partial charge is 1.00 e. The Hall–Kier alpha value is 0.771. The zero-order valence-electron chi connectivity index (χ0n) is 7.08. The molecule has 1 rings (SSSR count). The molecule has 12 heavy (non-hydrogen) atoms. The normalized spacial score (nSPS) is 7.92. The van der Waals surface area contributed by atoms with Gasteiger partial charge in [0.25, 0.3) is 0 Å². The van der Waals surface area contributed by atoms with Gasteiger partial charge in [-0.2, -0.15) is 18.2 Å². The van der Waals surface area contributed by atoms with Crippen LogP contribution in [0.3, 0.4) is 0 Å². The number of halogens is 1. The number of benzene rings is 1. The first-order valence-corrected chi connectivity index (χ1v) is 2.74. The SMILES string of the molecule is OB(O)c1[c-]cccc1F.[CH3-].[K+].